The molecule has 0 aliphatic rings. The number of nitrogens with one attached hydrogen (secondary N) is 1. The Hall–Kier alpha value is -4.85. The van der Waals surface area contributed by atoms with Gasteiger partial charge in [-0.15, -0.1) is 10.2 Å². The molecule has 1 atom stereocenters. The van der Waals surface area contributed by atoms with Gasteiger partial charge in [0.25, 0.3) is 0 Å². The van der Waals surface area contributed by atoms with Crippen LogP contribution in [0.1, 0.15) is 55.0 Å². The van der Waals surface area contributed by atoms with E-state index in [2.05, 4.69) is 71.7 Å². The van der Waals surface area contributed by atoms with Gasteiger partial charge < -0.3 is 9.84 Å². The molecule has 0 bridgehead atoms. The van der Waals surface area contributed by atoms with E-state index in [0.29, 0.717) is 24.4 Å². The molecule has 5 rings (SSSR count). The Morgan fingerprint density at radius 2 is 1.57 bits per heavy atom. The third-order valence-corrected chi connectivity index (χ3v) is 7.62. The average molecular weight is 595 g/mol. The number of nitrogens with zero attached hydrogens (tertiary/aromatic N) is 3. The number of hydrogen-bond donors (Lipinski definition) is 2. The van der Waals surface area contributed by atoms with E-state index in [9.17, 15) is 13.9 Å². The number of rotatable bonds is 11. The summed E-state index contributed by atoms with van der Waals surface area (Å²) in [4.78, 5) is 0. The third kappa shape index (κ3) is 7.95. The number of aromatic amines is 1. The Morgan fingerprint density at radius 3 is 2.23 bits per heavy atom. The van der Waals surface area contributed by atoms with Gasteiger partial charge in [-0.1, -0.05) is 99.7 Å². The first kappa shape index (κ1) is 30.6. The number of halogens is 2. The lowest BCUT2D eigenvalue weighted by molar-refractivity contribution is 0.305. The van der Waals surface area contributed by atoms with Crippen LogP contribution in [0.5, 0.6) is 11.5 Å². The van der Waals surface area contributed by atoms with Crippen molar-refractivity contribution < 1.29 is 18.6 Å². The first-order valence-electron chi connectivity index (χ1n) is 14.6. The number of phenolic OH excluding ortho intramolecular Hbond substituents is 1. The number of para-hydroxylation sites is 1. The van der Waals surface area contributed by atoms with Crippen LogP contribution in [0.3, 0.4) is 0 Å². The summed E-state index contributed by atoms with van der Waals surface area (Å²) in [5.74, 6) is -1.66. The van der Waals surface area contributed by atoms with Gasteiger partial charge in [0.2, 0.25) is 5.82 Å². The van der Waals surface area contributed by atoms with Crippen molar-refractivity contribution >= 4 is 6.08 Å². The maximum atomic E-state index is 14.2. The van der Waals surface area contributed by atoms with Crippen LogP contribution >= 0.6 is 0 Å². The molecule has 0 aliphatic heterocycles. The second kappa shape index (κ2) is 13.6. The lowest BCUT2D eigenvalue weighted by atomic mass is 9.87. The quantitative estimate of drug-likeness (QED) is 0.161. The second-order valence-corrected chi connectivity index (χ2v) is 12.0. The van der Waals surface area contributed by atoms with Crippen molar-refractivity contribution in [2.75, 3.05) is 0 Å². The van der Waals surface area contributed by atoms with Crippen molar-refractivity contribution in [2.24, 2.45) is 5.92 Å². The van der Waals surface area contributed by atoms with Gasteiger partial charge in [-0.3, -0.25) is 0 Å². The number of ether oxygens (including phenoxy) is 1. The minimum atomic E-state index is -0.964. The first-order valence-corrected chi connectivity index (χ1v) is 14.6. The predicted molar refractivity (Wildman–Crippen MR) is 168 cm³/mol. The molecule has 5 aromatic rings. The molecule has 0 spiro atoms. The smallest absolute Gasteiger partial charge is 0.204 e. The summed E-state index contributed by atoms with van der Waals surface area (Å²) in [5.41, 5.74) is 5.79. The molecule has 44 heavy (non-hydrogen) atoms. The van der Waals surface area contributed by atoms with Crippen LogP contribution in [0.2, 0.25) is 0 Å². The normalized spacial score (nSPS) is 12.5. The highest BCUT2D eigenvalue weighted by atomic mass is 19.1. The third-order valence-electron chi connectivity index (χ3n) is 7.62. The molecule has 1 aromatic heterocycles. The maximum Gasteiger partial charge on any atom is 0.204 e. The summed E-state index contributed by atoms with van der Waals surface area (Å²) in [6.07, 6.45) is 5.94. The van der Waals surface area contributed by atoms with Crippen LogP contribution in [0.4, 0.5) is 8.78 Å². The van der Waals surface area contributed by atoms with Gasteiger partial charge in [0, 0.05) is 11.1 Å². The fourth-order valence-electron chi connectivity index (χ4n) is 5.01. The molecule has 0 radical (unpaired) electrons. The lowest BCUT2D eigenvalue weighted by Gasteiger charge is -2.19. The fourth-order valence-corrected chi connectivity index (χ4v) is 5.01. The van der Waals surface area contributed by atoms with Crippen molar-refractivity contribution in [2.45, 2.75) is 52.1 Å². The second-order valence-electron chi connectivity index (χ2n) is 12.0. The Balaban J connectivity index is 1.31. The molecule has 0 fully saturated rings. The van der Waals surface area contributed by atoms with Crippen LogP contribution in [0.25, 0.3) is 17.5 Å². The number of phenols is 1. The first-order chi connectivity index (χ1) is 21.2. The molecule has 0 saturated carbocycles. The average Bonchev–Trinajstić information content (AvgIpc) is 3.56. The van der Waals surface area contributed by atoms with E-state index in [1.807, 2.05) is 54.6 Å². The number of tetrazole rings is 1. The standard InChI is InChI=1S/C36H36F2N4O2/c1-36(2,3)30-18-13-26(14-19-30)23-44-33-7-5-4-6-28(33)15-12-25(20-27-21-31(37)34(43)32(38)22-27)9-8-24-10-16-29(17-11-24)35-39-41-42-40-35/h4-7,10-19,21-22,25,43H,8-9,20,23H2,1-3H3,(H,39,40,41,42)/b15-12+. The molecule has 8 heteroatoms. The summed E-state index contributed by atoms with van der Waals surface area (Å²) in [6, 6.07) is 26.6. The number of aromatic hydroxyl groups is 1. The highest BCUT2D eigenvalue weighted by molar-refractivity contribution is 5.57. The number of hydrogen-bond acceptors (Lipinski definition) is 5. The maximum absolute atomic E-state index is 14.2. The lowest BCUT2D eigenvalue weighted by Crippen LogP contribution is -2.10. The van der Waals surface area contributed by atoms with E-state index in [1.165, 1.54) is 17.7 Å². The zero-order valence-corrected chi connectivity index (χ0v) is 25.1. The fraction of sp³-hybridized carbons (Fsp3) is 0.250. The highest BCUT2D eigenvalue weighted by Gasteiger charge is 2.15. The molecule has 0 saturated heterocycles. The van der Waals surface area contributed by atoms with Crippen LogP contribution in [0, 0.1) is 17.6 Å². The molecule has 226 valence electrons. The Labute approximate surface area is 256 Å². The number of aryl methyl sites for hydroxylation is 1. The van der Waals surface area contributed by atoms with Gasteiger partial charge in [0.15, 0.2) is 17.4 Å². The monoisotopic (exact) mass is 594 g/mol. The summed E-state index contributed by atoms with van der Waals surface area (Å²) in [7, 11) is 0. The Bertz CT molecular complexity index is 1670. The largest absolute Gasteiger partial charge is 0.503 e. The number of aromatic nitrogens is 4. The van der Waals surface area contributed by atoms with Crippen molar-refractivity contribution in [3.63, 3.8) is 0 Å². The topological polar surface area (TPSA) is 83.9 Å². The molecule has 1 unspecified atom stereocenters. The van der Waals surface area contributed by atoms with Crippen molar-refractivity contribution in [3.8, 4) is 22.9 Å². The molecule has 0 amide bonds. The van der Waals surface area contributed by atoms with E-state index < -0.39 is 17.4 Å². The molecule has 6 nitrogen and oxygen atoms in total. The van der Waals surface area contributed by atoms with Crippen LogP contribution in [-0.4, -0.2) is 25.7 Å². The van der Waals surface area contributed by atoms with Gasteiger partial charge in [-0.05, 0) is 76.3 Å². The zero-order valence-electron chi connectivity index (χ0n) is 25.1. The van der Waals surface area contributed by atoms with E-state index in [4.69, 9.17) is 4.74 Å². The summed E-state index contributed by atoms with van der Waals surface area (Å²) in [5, 5.41) is 23.7. The predicted octanol–water partition coefficient (Wildman–Crippen LogP) is 8.23. The summed E-state index contributed by atoms with van der Waals surface area (Å²) in [6.45, 7) is 7.01. The molecule has 2 N–H and O–H groups in total. The van der Waals surface area contributed by atoms with Gasteiger partial charge >= 0.3 is 0 Å². The molecule has 4 aromatic carbocycles. The Kier molecular flexibility index (Phi) is 9.48. The minimum absolute atomic E-state index is 0.0479. The highest BCUT2D eigenvalue weighted by Crippen LogP contribution is 2.28. The van der Waals surface area contributed by atoms with Crippen LogP contribution < -0.4 is 4.74 Å². The molecule has 1 heterocycles. The van der Waals surface area contributed by atoms with E-state index in [1.54, 1.807) is 0 Å². The number of benzene rings is 4. The molecular formula is C36H36F2N4O2. The Morgan fingerprint density at radius 1 is 0.886 bits per heavy atom. The van der Waals surface area contributed by atoms with Crippen molar-refractivity contribution in [1.82, 2.24) is 20.6 Å². The van der Waals surface area contributed by atoms with E-state index >= 15 is 0 Å². The van der Waals surface area contributed by atoms with E-state index in [0.717, 1.165) is 40.8 Å². The minimum Gasteiger partial charge on any atom is -0.503 e. The number of H-pyrrole nitrogens is 1. The summed E-state index contributed by atoms with van der Waals surface area (Å²) >= 11 is 0. The molecule has 0 aliphatic carbocycles. The SMILES string of the molecule is CC(C)(C)c1ccc(COc2ccccc2/C=C/C(CCc2ccc(-c3nn[nH]n3)cc2)Cc2cc(F)c(O)c(F)c2)cc1. The van der Waals surface area contributed by atoms with Crippen LogP contribution in [0.15, 0.2) is 91.0 Å². The van der Waals surface area contributed by atoms with Crippen molar-refractivity contribution in [3.05, 3.63) is 130 Å². The van der Waals surface area contributed by atoms with Crippen molar-refractivity contribution in [1.29, 1.82) is 0 Å². The van der Waals surface area contributed by atoms with Crippen LogP contribution in [-0.2, 0) is 24.9 Å². The summed E-state index contributed by atoms with van der Waals surface area (Å²) < 4.78 is 34.5. The van der Waals surface area contributed by atoms with E-state index in [-0.39, 0.29) is 11.3 Å². The number of allylic oxidation sites excluding steroid dienone is 1. The zero-order chi connectivity index (χ0) is 31.1. The van der Waals surface area contributed by atoms with Gasteiger partial charge in [-0.2, -0.15) is 5.21 Å². The van der Waals surface area contributed by atoms with Gasteiger partial charge in [-0.25, -0.2) is 8.78 Å². The van der Waals surface area contributed by atoms with Gasteiger partial charge in [0.1, 0.15) is 12.4 Å². The van der Waals surface area contributed by atoms with Gasteiger partial charge in [0.05, 0.1) is 0 Å². The molecular weight excluding hydrogens is 558 g/mol.